The van der Waals surface area contributed by atoms with E-state index in [0.717, 1.165) is 6.42 Å². The van der Waals surface area contributed by atoms with Crippen molar-refractivity contribution in [3.8, 4) is 0 Å². The Morgan fingerprint density at radius 2 is 1.88 bits per heavy atom. The van der Waals surface area contributed by atoms with Crippen molar-refractivity contribution in [1.29, 1.82) is 0 Å². The number of hydrogen-bond acceptors (Lipinski definition) is 2. The lowest BCUT2D eigenvalue weighted by molar-refractivity contribution is -0.132. The van der Waals surface area contributed by atoms with Crippen LogP contribution in [-0.4, -0.2) is 45.5 Å². The SMILES string of the molecule is CCOCCCNC(=NC)NCCC(F)(F)F. The first-order chi connectivity index (χ1) is 7.99. The Kier molecular flexibility index (Phi) is 8.57. The molecule has 0 rings (SSSR count). The quantitative estimate of drug-likeness (QED) is 0.412. The van der Waals surface area contributed by atoms with E-state index in [-0.39, 0.29) is 6.54 Å². The Morgan fingerprint density at radius 3 is 2.41 bits per heavy atom. The summed E-state index contributed by atoms with van der Waals surface area (Å²) in [4.78, 5) is 3.81. The molecule has 0 aromatic carbocycles. The Hall–Kier alpha value is -0.980. The van der Waals surface area contributed by atoms with Crippen LogP contribution >= 0.6 is 0 Å². The molecule has 0 saturated carbocycles. The molecule has 0 spiro atoms. The van der Waals surface area contributed by atoms with E-state index in [0.29, 0.717) is 25.7 Å². The molecule has 7 heteroatoms. The monoisotopic (exact) mass is 255 g/mol. The molecular formula is C10H20F3N3O. The fraction of sp³-hybridized carbons (Fsp3) is 0.900. The number of ether oxygens (including phenoxy) is 1. The molecular weight excluding hydrogens is 235 g/mol. The van der Waals surface area contributed by atoms with Crippen molar-refractivity contribution in [3.05, 3.63) is 0 Å². The first-order valence-electron chi connectivity index (χ1n) is 5.58. The second-order valence-electron chi connectivity index (χ2n) is 3.34. The zero-order chi connectivity index (χ0) is 13.1. The molecule has 0 atom stereocenters. The number of aliphatic imine (C=N–C) groups is 1. The van der Waals surface area contributed by atoms with Crippen LogP contribution in [0.25, 0.3) is 0 Å². The maximum absolute atomic E-state index is 11.9. The molecule has 2 N–H and O–H groups in total. The lowest BCUT2D eigenvalue weighted by Crippen LogP contribution is -2.39. The molecule has 0 saturated heterocycles. The van der Waals surface area contributed by atoms with E-state index < -0.39 is 12.6 Å². The fourth-order valence-electron chi connectivity index (χ4n) is 1.07. The van der Waals surface area contributed by atoms with Crippen LogP contribution in [0.5, 0.6) is 0 Å². The summed E-state index contributed by atoms with van der Waals surface area (Å²) in [5.41, 5.74) is 0. The highest BCUT2D eigenvalue weighted by Crippen LogP contribution is 2.17. The van der Waals surface area contributed by atoms with Crippen molar-refractivity contribution in [2.45, 2.75) is 25.9 Å². The largest absolute Gasteiger partial charge is 0.390 e. The van der Waals surface area contributed by atoms with Gasteiger partial charge in [-0.2, -0.15) is 13.2 Å². The van der Waals surface area contributed by atoms with E-state index in [1.54, 1.807) is 0 Å². The van der Waals surface area contributed by atoms with Gasteiger partial charge in [0, 0.05) is 33.4 Å². The lowest BCUT2D eigenvalue weighted by atomic mass is 10.4. The van der Waals surface area contributed by atoms with Crippen LogP contribution in [0.15, 0.2) is 4.99 Å². The van der Waals surface area contributed by atoms with Gasteiger partial charge in [0.15, 0.2) is 5.96 Å². The highest BCUT2D eigenvalue weighted by Gasteiger charge is 2.26. The smallest absolute Gasteiger partial charge is 0.382 e. The second-order valence-corrected chi connectivity index (χ2v) is 3.34. The minimum absolute atomic E-state index is 0.172. The van der Waals surface area contributed by atoms with Gasteiger partial charge < -0.3 is 15.4 Å². The molecule has 0 aromatic rings. The minimum atomic E-state index is -4.14. The first kappa shape index (κ1) is 16.0. The van der Waals surface area contributed by atoms with Crippen LogP contribution in [0.4, 0.5) is 13.2 Å². The molecule has 0 aliphatic rings. The maximum atomic E-state index is 11.9. The number of guanidine groups is 1. The number of halogens is 3. The Labute approximate surface area is 99.6 Å². The summed E-state index contributed by atoms with van der Waals surface area (Å²) in [5.74, 6) is 0.380. The highest BCUT2D eigenvalue weighted by atomic mass is 19.4. The standard InChI is InChI=1S/C10H20F3N3O/c1-3-17-8-4-6-15-9(14-2)16-7-5-10(11,12)13/h3-8H2,1-2H3,(H2,14,15,16). The molecule has 0 heterocycles. The molecule has 0 aliphatic heterocycles. The predicted molar refractivity (Wildman–Crippen MR) is 61.1 cm³/mol. The van der Waals surface area contributed by atoms with Crippen molar-refractivity contribution >= 4 is 5.96 Å². The van der Waals surface area contributed by atoms with E-state index in [2.05, 4.69) is 15.6 Å². The molecule has 0 fully saturated rings. The topological polar surface area (TPSA) is 45.6 Å². The molecule has 102 valence electrons. The average molecular weight is 255 g/mol. The van der Waals surface area contributed by atoms with Crippen LogP contribution in [0.1, 0.15) is 19.8 Å². The van der Waals surface area contributed by atoms with Gasteiger partial charge in [-0.3, -0.25) is 4.99 Å². The number of nitrogens with zero attached hydrogens (tertiary/aromatic N) is 1. The normalized spacial score (nSPS) is 12.6. The summed E-state index contributed by atoms with van der Waals surface area (Å²) in [7, 11) is 1.52. The van der Waals surface area contributed by atoms with Crippen LogP contribution in [0.2, 0.25) is 0 Å². The molecule has 0 bridgehead atoms. The fourth-order valence-corrected chi connectivity index (χ4v) is 1.07. The molecule has 0 aromatic heterocycles. The van der Waals surface area contributed by atoms with Gasteiger partial charge in [0.1, 0.15) is 0 Å². The van der Waals surface area contributed by atoms with Gasteiger partial charge in [-0.1, -0.05) is 0 Å². The molecule has 4 nitrogen and oxygen atoms in total. The van der Waals surface area contributed by atoms with Crippen molar-refractivity contribution in [3.63, 3.8) is 0 Å². The Morgan fingerprint density at radius 1 is 1.24 bits per heavy atom. The minimum Gasteiger partial charge on any atom is -0.382 e. The van der Waals surface area contributed by atoms with E-state index in [9.17, 15) is 13.2 Å². The van der Waals surface area contributed by atoms with E-state index in [4.69, 9.17) is 4.74 Å². The number of nitrogens with one attached hydrogen (secondary N) is 2. The Bertz CT molecular complexity index is 219. The van der Waals surface area contributed by atoms with Crippen LogP contribution in [-0.2, 0) is 4.74 Å². The maximum Gasteiger partial charge on any atom is 0.390 e. The van der Waals surface area contributed by atoms with Crippen LogP contribution in [0.3, 0.4) is 0 Å². The second kappa shape index (κ2) is 9.09. The van der Waals surface area contributed by atoms with E-state index in [1.165, 1.54) is 7.05 Å². The van der Waals surface area contributed by atoms with Gasteiger partial charge in [-0.15, -0.1) is 0 Å². The number of alkyl halides is 3. The van der Waals surface area contributed by atoms with Gasteiger partial charge in [0.25, 0.3) is 0 Å². The zero-order valence-electron chi connectivity index (χ0n) is 10.2. The van der Waals surface area contributed by atoms with Gasteiger partial charge in [0.2, 0.25) is 0 Å². The Balaban J connectivity index is 3.57. The highest BCUT2D eigenvalue weighted by molar-refractivity contribution is 5.79. The average Bonchev–Trinajstić information content (AvgIpc) is 2.25. The van der Waals surface area contributed by atoms with Crippen molar-refractivity contribution < 1.29 is 17.9 Å². The van der Waals surface area contributed by atoms with Crippen molar-refractivity contribution in [1.82, 2.24) is 10.6 Å². The van der Waals surface area contributed by atoms with Gasteiger partial charge in [-0.25, -0.2) is 0 Å². The molecule has 0 unspecified atom stereocenters. The lowest BCUT2D eigenvalue weighted by Gasteiger charge is -2.12. The van der Waals surface area contributed by atoms with Gasteiger partial charge in [-0.05, 0) is 13.3 Å². The summed E-state index contributed by atoms with van der Waals surface area (Å²) >= 11 is 0. The third-order valence-corrected chi connectivity index (χ3v) is 1.89. The van der Waals surface area contributed by atoms with E-state index >= 15 is 0 Å². The van der Waals surface area contributed by atoms with Gasteiger partial charge >= 0.3 is 6.18 Å². The third kappa shape index (κ3) is 11.3. The molecule has 0 aliphatic carbocycles. The summed E-state index contributed by atoms with van der Waals surface area (Å²) in [6, 6.07) is 0. The number of rotatable bonds is 7. The van der Waals surface area contributed by atoms with Crippen LogP contribution < -0.4 is 10.6 Å². The summed E-state index contributed by atoms with van der Waals surface area (Å²) in [6.45, 7) is 3.65. The van der Waals surface area contributed by atoms with E-state index in [1.807, 2.05) is 6.92 Å². The summed E-state index contributed by atoms with van der Waals surface area (Å²) in [6.07, 6.45) is -4.22. The molecule has 0 amide bonds. The summed E-state index contributed by atoms with van der Waals surface area (Å²) < 4.78 is 40.8. The molecule has 0 radical (unpaired) electrons. The summed E-state index contributed by atoms with van der Waals surface area (Å²) in [5, 5.41) is 5.50. The molecule has 17 heavy (non-hydrogen) atoms. The first-order valence-corrected chi connectivity index (χ1v) is 5.58. The van der Waals surface area contributed by atoms with Gasteiger partial charge in [0.05, 0.1) is 6.42 Å². The van der Waals surface area contributed by atoms with Crippen molar-refractivity contribution in [2.75, 3.05) is 33.4 Å². The number of hydrogen-bond donors (Lipinski definition) is 2. The van der Waals surface area contributed by atoms with Crippen molar-refractivity contribution in [2.24, 2.45) is 4.99 Å². The zero-order valence-corrected chi connectivity index (χ0v) is 10.2. The predicted octanol–water partition coefficient (Wildman–Crippen LogP) is 1.53. The van der Waals surface area contributed by atoms with Crippen LogP contribution in [0, 0.1) is 0 Å². The third-order valence-electron chi connectivity index (χ3n) is 1.89.